The van der Waals surface area contributed by atoms with Gasteiger partial charge in [-0.1, -0.05) is 56.3 Å². The van der Waals surface area contributed by atoms with Crippen LogP contribution in [0.2, 0.25) is 0 Å². The molecule has 0 heterocycles. The number of carbonyl (C=O) groups excluding carboxylic acids is 3. The van der Waals surface area contributed by atoms with Crippen molar-refractivity contribution in [2.24, 2.45) is 5.92 Å². The highest BCUT2D eigenvalue weighted by molar-refractivity contribution is 5.93. The zero-order chi connectivity index (χ0) is 25.3. The van der Waals surface area contributed by atoms with Crippen LogP contribution in [0.5, 0.6) is 5.75 Å². The van der Waals surface area contributed by atoms with Crippen LogP contribution in [0.15, 0.2) is 54.6 Å². The molecule has 9 heteroatoms. The molecule has 0 saturated carbocycles. The van der Waals surface area contributed by atoms with Crippen LogP contribution in [-0.4, -0.2) is 52.0 Å². The molecular formula is C25H31N3O6. The minimum absolute atomic E-state index is 0.0713. The maximum absolute atomic E-state index is 13.1. The molecule has 182 valence electrons. The monoisotopic (exact) mass is 469 g/mol. The molecule has 9 nitrogen and oxygen atoms in total. The third-order valence-corrected chi connectivity index (χ3v) is 5.22. The van der Waals surface area contributed by atoms with E-state index in [-0.39, 0.29) is 24.5 Å². The molecule has 2 rings (SSSR count). The van der Waals surface area contributed by atoms with E-state index in [0.29, 0.717) is 5.56 Å². The molecule has 0 saturated heterocycles. The van der Waals surface area contributed by atoms with Gasteiger partial charge in [-0.15, -0.1) is 0 Å². The Morgan fingerprint density at radius 2 is 1.26 bits per heavy atom. The fourth-order valence-electron chi connectivity index (χ4n) is 3.42. The largest absolute Gasteiger partial charge is 0.508 e. The minimum Gasteiger partial charge on any atom is -0.508 e. The Hall–Kier alpha value is -3.88. The molecule has 0 radical (unpaired) electrons. The van der Waals surface area contributed by atoms with Gasteiger partial charge in [-0.3, -0.25) is 14.4 Å². The second-order valence-corrected chi connectivity index (χ2v) is 8.44. The lowest BCUT2D eigenvalue weighted by atomic mass is 10.0. The number of aromatic hydroxyl groups is 1. The summed E-state index contributed by atoms with van der Waals surface area (Å²) in [6.45, 7) is 4.63. The van der Waals surface area contributed by atoms with Crippen molar-refractivity contribution in [3.05, 3.63) is 65.7 Å². The predicted molar refractivity (Wildman–Crippen MR) is 126 cm³/mol. The summed E-state index contributed by atoms with van der Waals surface area (Å²) in [6, 6.07) is 12.1. The number of carboxylic acids is 1. The third-order valence-electron chi connectivity index (χ3n) is 5.22. The van der Waals surface area contributed by atoms with Crippen molar-refractivity contribution in [3.63, 3.8) is 0 Å². The summed E-state index contributed by atoms with van der Waals surface area (Å²) in [7, 11) is 0. The number of phenolic OH excluding ortho intramolecular Hbond substituents is 1. The van der Waals surface area contributed by atoms with Gasteiger partial charge in [0.25, 0.3) is 0 Å². The number of rotatable bonds is 11. The molecule has 0 aliphatic carbocycles. The number of hydrogen-bond acceptors (Lipinski definition) is 5. The average molecular weight is 470 g/mol. The third kappa shape index (κ3) is 8.23. The highest BCUT2D eigenvalue weighted by atomic mass is 16.4. The normalized spacial score (nSPS) is 13.4. The Bertz CT molecular complexity index is 991. The topological polar surface area (TPSA) is 145 Å². The number of amides is 3. The van der Waals surface area contributed by atoms with Crippen molar-refractivity contribution in [3.8, 4) is 5.75 Å². The van der Waals surface area contributed by atoms with Gasteiger partial charge in [0.05, 0.1) is 0 Å². The molecule has 0 unspecified atom stereocenters. The van der Waals surface area contributed by atoms with E-state index in [0.717, 1.165) is 5.56 Å². The van der Waals surface area contributed by atoms with Gasteiger partial charge >= 0.3 is 5.97 Å². The van der Waals surface area contributed by atoms with Gasteiger partial charge in [0.1, 0.15) is 23.9 Å². The van der Waals surface area contributed by atoms with Gasteiger partial charge in [-0.05, 0) is 29.2 Å². The molecule has 5 N–H and O–H groups in total. The molecule has 0 bridgehead atoms. The van der Waals surface area contributed by atoms with Crippen LogP contribution < -0.4 is 16.0 Å². The van der Waals surface area contributed by atoms with E-state index < -0.39 is 41.8 Å². The highest BCUT2D eigenvalue weighted by Crippen LogP contribution is 2.12. The molecule has 0 aromatic heterocycles. The maximum Gasteiger partial charge on any atom is 0.326 e. The van der Waals surface area contributed by atoms with Crippen LogP contribution in [0, 0.1) is 5.92 Å². The molecule has 0 spiro atoms. The molecular weight excluding hydrogens is 438 g/mol. The standard InChI is InChI=1S/C25H31N3O6/c1-15(2)22(25(33)34)28-24(32)21(13-17-7-5-4-6-8-17)27-23(31)20(26-16(3)29)14-18-9-11-19(30)12-10-18/h4-12,15,20-22,30H,13-14H2,1-3H3,(H,26,29)(H,27,31)(H,28,32)(H,33,34)/t20-,21-,22-/m0/s1. The van der Waals surface area contributed by atoms with Gasteiger partial charge in [-0.25, -0.2) is 4.79 Å². The molecule has 34 heavy (non-hydrogen) atoms. The number of phenols is 1. The lowest BCUT2D eigenvalue weighted by molar-refractivity contribution is -0.143. The number of nitrogens with one attached hydrogen (secondary N) is 3. The van der Waals surface area contributed by atoms with Crippen LogP contribution >= 0.6 is 0 Å². The molecule has 0 aliphatic heterocycles. The summed E-state index contributed by atoms with van der Waals surface area (Å²) in [5.41, 5.74) is 1.47. The van der Waals surface area contributed by atoms with E-state index in [2.05, 4.69) is 16.0 Å². The number of hydrogen-bond donors (Lipinski definition) is 5. The fourth-order valence-corrected chi connectivity index (χ4v) is 3.42. The van der Waals surface area contributed by atoms with Crippen LogP contribution in [0.1, 0.15) is 31.9 Å². The number of benzene rings is 2. The van der Waals surface area contributed by atoms with E-state index in [9.17, 15) is 29.4 Å². The van der Waals surface area contributed by atoms with E-state index in [1.54, 1.807) is 50.2 Å². The van der Waals surface area contributed by atoms with E-state index in [1.807, 2.05) is 6.07 Å². The summed E-state index contributed by atoms with van der Waals surface area (Å²) < 4.78 is 0. The molecule has 0 fully saturated rings. The van der Waals surface area contributed by atoms with E-state index >= 15 is 0 Å². The minimum atomic E-state index is -1.17. The molecule has 3 amide bonds. The van der Waals surface area contributed by atoms with Gasteiger partial charge in [0, 0.05) is 19.8 Å². The smallest absolute Gasteiger partial charge is 0.326 e. The van der Waals surface area contributed by atoms with Crippen LogP contribution in [0.25, 0.3) is 0 Å². The first kappa shape index (κ1) is 26.4. The van der Waals surface area contributed by atoms with Crippen molar-refractivity contribution in [2.45, 2.75) is 51.7 Å². The highest BCUT2D eigenvalue weighted by Gasteiger charge is 2.30. The summed E-state index contributed by atoms with van der Waals surface area (Å²) in [4.78, 5) is 49.5. The number of carboxylic acid groups (broad SMARTS) is 1. The number of carbonyl (C=O) groups is 4. The first-order chi connectivity index (χ1) is 16.1. The Morgan fingerprint density at radius 1 is 0.765 bits per heavy atom. The first-order valence-electron chi connectivity index (χ1n) is 11.0. The average Bonchev–Trinajstić information content (AvgIpc) is 2.77. The van der Waals surface area contributed by atoms with Crippen LogP contribution in [-0.2, 0) is 32.0 Å². The van der Waals surface area contributed by atoms with E-state index in [4.69, 9.17) is 0 Å². The second kappa shape index (κ2) is 12.4. The Morgan fingerprint density at radius 3 is 1.76 bits per heavy atom. The summed E-state index contributed by atoms with van der Waals surface area (Å²) in [5, 5.41) is 26.7. The van der Waals surface area contributed by atoms with E-state index in [1.165, 1.54) is 19.1 Å². The Balaban J connectivity index is 2.25. The zero-order valence-electron chi connectivity index (χ0n) is 19.4. The number of aliphatic carboxylic acids is 1. The van der Waals surface area contributed by atoms with Gasteiger partial charge < -0.3 is 26.2 Å². The lowest BCUT2D eigenvalue weighted by Gasteiger charge is -2.25. The predicted octanol–water partition coefficient (Wildman–Crippen LogP) is 1.39. The Kier molecular flexibility index (Phi) is 9.61. The van der Waals surface area contributed by atoms with Crippen molar-refractivity contribution < 1.29 is 29.4 Å². The fraction of sp³-hybridized carbons (Fsp3) is 0.360. The molecule has 3 atom stereocenters. The zero-order valence-corrected chi connectivity index (χ0v) is 19.4. The maximum atomic E-state index is 13.1. The van der Waals surface area contributed by atoms with Gasteiger partial charge in [0.15, 0.2) is 0 Å². The van der Waals surface area contributed by atoms with Gasteiger partial charge in [0.2, 0.25) is 17.7 Å². The van der Waals surface area contributed by atoms with Crippen molar-refractivity contribution in [1.29, 1.82) is 0 Å². The van der Waals surface area contributed by atoms with Crippen molar-refractivity contribution in [2.75, 3.05) is 0 Å². The van der Waals surface area contributed by atoms with Crippen molar-refractivity contribution in [1.82, 2.24) is 16.0 Å². The quantitative estimate of drug-likeness (QED) is 0.336. The lowest BCUT2D eigenvalue weighted by Crippen LogP contribution is -2.57. The van der Waals surface area contributed by atoms with Gasteiger partial charge in [-0.2, -0.15) is 0 Å². The Labute approximate surface area is 198 Å². The molecule has 2 aromatic rings. The summed E-state index contributed by atoms with van der Waals surface area (Å²) in [6.07, 6.45) is 0.268. The van der Waals surface area contributed by atoms with Crippen molar-refractivity contribution >= 4 is 23.7 Å². The summed E-state index contributed by atoms with van der Waals surface area (Å²) in [5.74, 6) is -3.11. The van der Waals surface area contributed by atoms with Crippen LogP contribution in [0.4, 0.5) is 0 Å². The SMILES string of the molecule is CC(=O)N[C@@H](Cc1ccc(O)cc1)C(=O)N[C@@H](Cc1ccccc1)C(=O)N[C@H](C(=O)O)C(C)C. The van der Waals surface area contributed by atoms with Crippen LogP contribution in [0.3, 0.4) is 0 Å². The second-order valence-electron chi connectivity index (χ2n) is 8.44. The first-order valence-corrected chi connectivity index (χ1v) is 11.0. The summed E-state index contributed by atoms with van der Waals surface area (Å²) >= 11 is 0. The molecule has 0 aliphatic rings. The molecule has 2 aromatic carbocycles.